The first-order chi connectivity index (χ1) is 8.33. The van der Waals surface area contributed by atoms with Crippen molar-refractivity contribution >= 4 is 6.09 Å². The zero-order valence-corrected chi connectivity index (χ0v) is 9.11. The second-order valence-electron chi connectivity index (χ2n) is 2.87. The Bertz CT molecular complexity index is 394. The van der Waals surface area contributed by atoms with E-state index in [1.165, 1.54) is 0 Å². The number of benzene rings is 1. The molecule has 88 valence electrons. The van der Waals surface area contributed by atoms with Gasteiger partial charge in [-0.05, 0) is 24.3 Å². The number of pyridine rings is 1. The van der Waals surface area contributed by atoms with Gasteiger partial charge >= 0.3 is 6.09 Å². The molecule has 17 heavy (non-hydrogen) atoms. The van der Waals surface area contributed by atoms with Crippen molar-refractivity contribution in [2.45, 2.75) is 0 Å². The molecular weight excluding hydrogens is 218 g/mol. The highest BCUT2D eigenvalue weighted by Crippen LogP contribution is 2.07. The molecule has 2 rings (SSSR count). The SMILES string of the molecule is NNC(=O)Oc1ccccc1.c1ccncc1. The quantitative estimate of drug-likeness (QED) is 0.445. The van der Waals surface area contributed by atoms with Gasteiger partial charge < -0.3 is 4.74 Å². The molecule has 1 aromatic carbocycles. The van der Waals surface area contributed by atoms with E-state index < -0.39 is 6.09 Å². The predicted octanol–water partition coefficient (Wildman–Crippen LogP) is 1.73. The summed E-state index contributed by atoms with van der Waals surface area (Å²) in [6, 6.07) is 14.4. The fourth-order valence-electron chi connectivity index (χ4n) is 0.938. The molecule has 1 heterocycles. The molecule has 0 aliphatic heterocycles. The van der Waals surface area contributed by atoms with Crippen molar-refractivity contribution in [3.05, 3.63) is 60.9 Å². The van der Waals surface area contributed by atoms with Crippen LogP contribution in [0.2, 0.25) is 0 Å². The highest BCUT2D eigenvalue weighted by atomic mass is 16.6. The number of carbonyl (C=O) groups is 1. The molecule has 0 saturated carbocycles. The maximum absolute atomic E-state index is 10.5. The van der Waals surface area contributed by atoms with Gasteiger partial charge in [-0.2, -0.15) is 0 Å². The van der Waals surface area contributed by atoms with E-state index in [1.807, 2.05) is 29.7 Å². The van der Waals surface area contributed by atoms with Gasteiger partial charge in [0.2, 0.25) is 0 Å². The van der Waals surface area contributed by atoms with E-state index in [0.717, 1.165) is 0 Å². The number of carbonyl (C=O) groups excluding carboxylic acids is 1. The summed E-state index contributed by atoms with van der Waals surface area (Å²) in [4.78, 5) is 14.3. The van der Waals surface area contributed by atoms with Gasteiger partial charge in [0.05, 0.1) is 0 Å². The van der Waals surface area contributed by atoms with Crippen LogP contribution < -0.4 is 16.0 Å². The first-order valence-electron chi connectivity index (χ1n) is 4.91. The van der Waals surface area contributed by atoms with Crippen molar-refractivity contribution < 1.29 is 9.53 Å². The van der Waals surface area contributed by atoms with Crippen LogP contribution in [0.1, 0.15) is 0 Å². The number of ether oxygens (including phenoxy) is 1. The number of hydrogen-bond donors (Lipinski definition) is 2. The zero-order chi connectivity index (χ0) is 12.3. The van der Waals surface area contributed by atoms with E-state index in [2.05, 4.69) is 9.72 Å². The van der Waals surface area contributed by atoms with E-state index in [-0.39, 0.29) is 0 Å². The molecule has 0 saturated heterocycles. The van der Waals surface area contributed by atoms with Gasteiger partial charge in [0.15, 0.2) is 0 Å². The second-order valence-corrected chi connectivity index (χ2v) is 2.87. The average molecular weight is 231 g/mol. The standard InChI is InChI=1S/C7H8N2O2.C5H5N/c8-9-7(10)11-6-4-2-1-3-5-6;1-2-4-6-5-3-1/h1-5H,8H2,(H,9,10);1-5H. The summed E-state index contributed by atoms with van der Waals surface area (Å²) in [5, 5.41) is 0. The summed E-state index contributed by atoms with van der Waals surface area (Å²) in [6.07, 6.45) is 2.83. The smallest absolute Gasteiger partial charge is 0.409 e. The Morgan fingerprint density at radius 2 is 1.65 bits per heavy atom. The van der Waals surface area contributed by atoms with Crippen LogP contribution in [0, 0.1) is 0 Å². The maximum atomic E-state index is 10.5. The molecule has 3 N–H and O–H groups in total. The molecule has 0 unspecified atom stereocenters. The van der Waals surface area contributed by atoms with Crippen LogP contribution in [0.5, 0.6) is 5.75 Å². The van der Waals surface area contributed by atoms with Gasteiger partial charge in [-0.3, -0.25) is 10.4 Å². The molecule has 1 aromatic heterocycles. The normalized spacial score (nSPS) is 8.53. The van der Waals surface area contributed by atoms with Crippen molar-refractivity contribution in [2.75, 3.05) is 0 Å². The fraction of sp³-hybridized carbons (Fsp3) is 0. The molecule has 2 aromatic rings. The number of para-hydroxylation sites is 1. The van der Waals surface area contributed by atoms with Crippen LogP contribution in [0.15, 0.2) is 60.9 Å². The minimum absolute atomic E-state index is 0.468. The number of hydrogen-bond acceptors (Lipinski definition) is 4. The van der Waals surface area contributed by atoms with Crippen LogP contribution in [0.4, 0.5) is 4.79 Å². The van der Waals surface area contributed by atoms with Crippen molar-refractivity contribution in [1.29, 1.82) is 0 Å². The van der Waals surface area contributed by atoms with Crippen LogP contribution in [0.25, 0.3) is 0 Å². The molecule has 0 aliphatic carbocycles. The number of aromatic nitrogens is 1. The van der Waals surface area contributed by atoms with Crippen LogP contribution in [-0.4, -0.2) is 11.1 Å². The van der Waals surface area contributed by atoms with Gasteiger partial charge in [0, 0.05) is 12.4 Å². The summed E-state index contributed by atoms with van der Waals surface area (Å²) in [7, 11) is 0. The molecule has 0 spiro atoms. The lowest BCUT2D eigenvalue weighted by molar-refractivity contribution is 0.200. The zero-order valence-electron chi connectivity index (χ0n) is 9.11. The molecule has 1 amide bonds. The topological polar surface area (TPSA) is 77.2 Å². The number of hydrazine groups is 1. The molecule has 0 radical (unpaired) electrons. The van der Waals surface area contributed by atoms with E-state index in [0.29, 0.717) is 5.75 Å². The number of amides is 1. The molecule has 0 aliphatic rings. The Balaban J connectivity index is 0.000000202. The monoisotopic (exact) mass is 231 g/mol. The molecule has 0 bridgehead atoms. The Hall–Kier alpha value is -2.40. The van der Waals surface area contributed by atoms with Crippen LogP contribution >= 0.6 is 0 Å². The van der Waals surface area contributed by atoms with E-state index in [4.69, 9.17) is 5.84 Å². The number of nitrogens with zero attached hydrogens (tertiary/aromatic N) is 1. The second kappa shape index (κ2) is 7.84. The largest absolute Gasteiger partial charge is 0.426 e. The summed E-state index contributed by atoms with van der Waals surface area (Å²) in [5.41, 5.74) is 1.85. The summed E-state index contributed by atoms with van der Waals surface area (Å²) < 4.78 is 4.69. The third kappa shape index (κ3) is 5.91. The van der Waals surface area contributed by atoms with E-state index in [1.54, 1.807) is 36.7 Å². The molecule has 0 fully saturated rings. The summed E-state index contributed by atoms with van der Waals surface area (Å²) in [5.74, 6) is 5.26. The number of nitrogens with two attached hydrogens (primary N) is 1. The summed E-state index contributed by atoms with van der Waals surface area (Å²) in [6.45, 7) is 0. The molecule has 5 heteroatoms. The highest BCUT2D eigenvalue weighted by molar-refractivity contribution is 5.69. The lowest BCUT2D eigenvalue weighted by atomic mass is 10.3. The van der Waals surface area contributed by atoms with Crippen LogP contribution in [-0.2, 0) is 0 Å². The molecular formula is C12H13N3O2. The van der Waals surface area contributed by atoms with Crippen LogP contribution in [0.3, 0.4) is 0 Å². The minimum Gasteiger partial charge on any atom is -0.409 e. The number of rotatable bonds is 1. The van der Waals surface area contributed by atoms with Crippen molar-refractivity contribution in [3.8, 4) is 5.75 Å². The third-order valence-electron chi connectivity index (χ3n) is 1.64. The number of nitrogens with one attached hydrogen (secondary N) is 1. The van der Waals surface area contributed by atoms with Crippen molar-refractivity contribution in [3.63, 3.8) is 0 Å². The van der Waals surface area contributed by atoms with Gasteiger partial charge in [-0.1, -0.05) is 24.3 Å². The average Bonchev–Trinajstić information content (AvgIpc) is 2.42. The first kappa shape index (κ1) is 12.7. The van der Waals surface area contributed by atoms with E-state index in [9.17, 15) is 4.79 Å². The minimum atomic E-state index is -0.670. The third-order valence-corrected chi connectivity index (χ3v) is 1.64. The Labute approximate surface area is 99.2 Å². The summed E-state index contributed by atoms with van der Waals surface area (Å²) >= 11 is 0. The molecule has 0 atom stereocenters. The van der Waals surface area contributed by atoms with Gasteiger partial charge in [-0.15, -0.1) is 0 Å². The maximum Gasteiger partial charge on any atom is 0.426 e. The molecule has 5 nitrogen and oxygen atoms in total. The Kier molecular flexibility index (Phi) is 5.84. The Morgan fingerprint density at radius 1 is 1.06 bits per heavy atom. The Morgan fingerprint density at radius 3 is 2.06 bits per heavy atom. The van der Waals surface area contributed by atoms with Gasteiger partial charge in [0.25, 0.3) is 0 Å². The highest BCUT2D eigenvalue weighted by Gasteiger charge is 1.98. The lowest BCUT2D eigenvalue weighted by Gasteiger charge is -2.00. The van der Waals surface area contributed by atoms with E-state index >= 15 is 0 Å². The fourth-order valence-corrected chi connectivity index (χ4v) is 0.938. The first-order valence-corrected chi connectivity index (χ1v) is 4.91. The van der Waals surface area contributed by atoms with Gasteiger partial charge in [0.1, 0.15) is 5.75 Å². The van der Waals surface area contributed by atoms with Crippen molar-refractivity contribution in [2.24, 2.45) is 5.84 Å². The lowest BCUT2D eigenvalue weighted by Crippen LogP contribution is -2.32. The van der Waals surface area contributed by atoms with Crippen molar-refractivity contribution in [1.82, 2.24) is 10.4 Å². The van der Waals surface area contributed by atoms with Gasteiger partial charge in [-0.25, -0.2) is 10.6 Å². The predicted molar refractivity (Wildman–Crippen MR) is 64.0 cm³/mol.